The summed E-state index contributed by atoms with van der Waals surface area (Å²) >= 11 is 0. The number of halogens is 1. The summed E-state index contributed by atoms with van der Waals surface area (Å²) in [5, 5.41) is 6.32. The van der Waals surface area contributed by atoms with Crippen molar-refractivity contribution in [3.8, 4) is 17.2 Å². The second-order valence-electron chi connectivity index (χ2n) is 6.02. The van der Waals surface area contributed by atoms with Crippen molar-refractivity contribution >= 4 is 18.3 Å². The number of piperidine rings is 1. The Bertz CT molecular complexity index is 523. The lowest BCUT2D eigenvalue weighted by atomic mass is 9.93. The first-order chi connectivity index (χ1) is 11.7. The molecule has 0 aromatic heterocycles. The minimum atomic E-state index is 0. The number of methoxy groups -OCH3 is 3. The van der Waals surface area contributed by atoms with Crippen LogP contribution >= 0.6 is 12.4 Å². The summed E-state index contributed by atoms with van der Waals surface area (Å²) < 4.78 is 16.0. The van der Waals surface area contributed by atoms with E-state index in [0.29, 0.717) is 36.1 Å². The fourth-order valence-corrected chi connectivity index (χ4v) is 3.03. The van der Waals surface area contributed by atoms with Gasteiger partial charge in [-0.05, 0) is 38.3 Å². The number of hydrogen-bond acceptors (Lipinski definition) is 5. The predicted octanol–water partition coefficient (Wildman–Crippen LogP) is 2.53. The summed E-state index contributed by atoms with van der Waals surface area (Å²) in [6.45, 7) is 2.50. The van der Waals surface area contributed by atoms with Crippen LogP contribution < -0.4 is 24.8 Å². The number of rotatable bonds is 8. The lowest BCUT2D eigenvalue weighted by Crippen LogP contribution is -2.29. The summed E-state index contributed by atoms with van der Waals surface area (Å²) in [7, 11) is 4.78. The third kappa shape index (κ3) is 6.29. The third-order valence-corrected chi connectivity index (χ3v) is 4.52. The molecule has 142 valence electrons. The van der Waals surface area contributed by atoms with Gasteiger partial charge in [0.15, 0.2) is 0 Å². The van der Waals surface area contributed by atoms with Gasteiger partial charge in [-0.2, -0.15) is 0 Å². The van der Waals surface area contributed by atoms with E-state index in [2.05, 4.69) is 10.6 Å². The van der Waals surface area contributed by atoms with Crippen LogP contribution in [-0.4, -0.2) is 40.3 Å². The van der Waals surface area contributed by atoms with Crippen LogP contribution in [0.25, 0.3) is 0 Å². The molecule has 0 radical (unpaired) electrons. The van der Waals surface area contributed by atoms with E-state index < -0.39 is 0 Å². The molecular weight excluding hydrogens is 344 g/mol. The molecular formula is C18H29ClN2O4. The highest BCUT2D eigenvalue weighted by Gasteiger charge is 2.16. The maximum atomic E-state index is 12.1. The quantitative estimate of drug-likeness (QED) is 0.734. The molecule has 0 unspecified atom stereocenters. The minimum absolute atomic E-state index is 0. The fourth-order valence-electron chi connectivity index (χ4n) is 3.03. The molecule has 25 heavy (non-hydrogen) atoms. The van der Waals surface area contributed by atoms with Gasteiger partial charge < -0.3 is 24.8 Å². The molecule has 2 N–H and O–H groups in total. The van der Waals surface area contributed by atoms with E-state index in [1.54, 1.807) is 33.5 Å². The monoisotopic (exact) mass is 372 g/mol. The van der Waals surface area contributed by atoms with Crippen molar-refractivity contribution in [1.82, 2.24) is 10.6 Å². The number of amides is 1. The molecule has 1 aromatic rings. The van der Waals surface area contributed by atoms with Gasteiger partial charge in [-0.25, -0.2) is 0 Å². The van der Waals surface area contributed by atoms with Gasteiger partial charge in [0.1, 0.15) is 17.2 Å². The molecule has 0 atom stereocenters. The first-order valence-corrected chi connectivity index (χ1v) is 8.44. The van der Waals surface area contributed by atoms with Crippen LogP contribution in [0.15, 0.2) is 12.1 Å². The van der Waals surface area contributed by atoms with Crippen LogP contribution in [0.2, 0.25) is 0 Å². The van der Waals surface area contributed by atoms with Crippen LogP contribution in [0.3, 0.4) is 0 Å². The van der Waals surface area contributed by atoms with Crippen LogP contribution in [-0.2, 0) is 11.3 Å². The highest BCUT2D eigenvalue weighted by atomic mass is 35.5. The van der Waals surface area contributed by atoms with Gasteiger partial charge in [-0.1, -0.05) is 0 Å². The second-order valence-corrected chi connectivity index (χ2v) is 6.02. The predicted molar refractivity (Wildman–Crippen MR) is 100 cm³/mol. The van der Waals surface area contributed by atoms with Gasteiger partial charge in [0.2, 0.25) is 5.91 Å². The Balaban J connectivity index is 0.00000312. The molecule has 0 aliphatic carbocycles. The number of hydrogen-bond donors (Lipinski definition) is 2. The maximum absolute atomic E-state index is 12.1. The SMILES string of the molecule is COc1cc(OC)c(CNC(=O)CCC2CCNCC2)c(OC)c1.Cl. The number of benzene rings is 1. The average Bonchev–Trinajstić information content (AvgIpc) is 2.64. The van der Waals surface area contributed by atoms with Crippen LogP contribution in [0.4, 0.5) is 0 Å². The number of carbonyl (C=O) groups excluding carboxylic acids is 1. The molecule has 1 amide bonds. The Kier molecular flexibility index (Phi) is 9.45. The summed E-state index contributed by atoms with van der Waals surface area (Å²) in [5.74, 6) is 2.66. The normalized spacial score (nSPS) is 14.4. The van der Waals surface area contributed by atoms with Crippen LogP contribution in [0, 0.1) is 5.92 Å². The van der Waals surface area contributed by atoms with E-state index in [4.69, 9.17) is 14.2 Å². The Morgan fingerprint density at radius 2 is 1.72 bits per heavy atom. The molecule has 1 fully saturated rings. The zero-order chi connectivity index (χ0) is 17.4. The molecule has 0 spiro atoms. The summed E-state index contributed by atoms with van der Waals surface area (Å²) in [6, 6.07) is 3.58. The van der Waals surface area contributed by atoms with Crippen molar-refractivity contribution in [1.29, 1.82) is 0 Å². The van der Waals surface area contributed by atoms with Crippen molar-refractivity contribution in [2.75, 3.05) is 34.4 Å². The van der Waals surface area contributed by atoms with E-state index in [0.717, 1.165) is 37.9 Å². The Morgan fingerprint density at radius 1 is 1.12 bits per heavy atom. The Labute approximate surface area is 156 Å². The fraction of sp³-hybridized carbons (Fsp3) is 0.611. The number of carbonyl (C=O) groups is 1. The van der Waals surface area contributed by atoms with Crippen molar-refractivity contribution in [3.05, 3.63) is 17.7 Å². The summed E-state index contributed by atoms with van der Waals surface area (Å²) in [6.07, 6.45) is 3.83. The zero-order valence-electron chi connectivity index (χ0n) is 15.2. The zero-order valence-corrected chi connectivity index (χ0v) is 16.0. The third-order valence-electron chi connectivity index (χ3n) is 4.52. The highest BCUT2D eigenvalue weighted by Crippen LogP contribution is 2.33. The molecule has 7 heteroatoms. The van der Waals surface area contributed by atoms with Gasteiger partial charge >= 0.3 is 0 Å². The molecule has 1 aliphatic heterocycles. The van der Waals surface area contributed by atoms with Gasteiger partial charge in [-0.15, -0.1) is 12.4 Å². The Morgan fingerprint density at radius 3 is 2.24 bits per heavy atom. The lowest BCUT2D eigenvalue weighted by Gasteiger charge is -2.22. The van der Waals surface area contributed by atoms with E-state index in [1.165, 1.54) is 0 Å². The van der Waals surface area contributed by atoms with Gasteiger partial charge in [0.25, 0.3) is 0 Å². The largest absolute Gasteiger partial charge is 0.496 e. The van der Waals surface area contributed by atoms with Crippen molar-refractivity contribution < 1.29 is 19.0 Å². The molecule has 1 heterocycles. The van der Waals surface area contributed by atoms with Gasteiger partial charge in [0.05, 0.1) is 33.4 Å². The number of nitrogens with one attached hydrogen (secondary N) is 2. The first kappa shape index (κ1) is 21.4. The van der Waals surface area contributed by atoms with Gasteiger partial charge in [-0.3, -0.25) is 4.79 Å². The van der Waals surface area contributed by atoms with E-state index in [1.807, 2.05) is 0 Å². The topological polar surface area (TPSA) is 68.8 Å². The maximum Gasteiger partial charge on any atom is 0.220 e. The van der Waals surface area contributed by atoms with E-state index in [-0.39, 0.29) is 18.3 Å². The molecule has 2 rings (SSSR count). The van der Waals surface area contributed by atoms with E-state index >= 15 is 0 Å². The van der Waals surface area contributed by atoms with Crippen LogP contribution in [0.5, 0.6) is 17.2 Å². The second kappa shape index (κ2) is 11.1. The van der Waals surface area contributed by atoms with E-state index in [9.17, 15) is 4.79 Å². The highest BCUT2D eigenvalue weighted by molar-refractivity contribution is 5.85. The average molecular weight is 373 g/mol. The van der Waals surface area contributed by atoms with Crippen molar-refractivity contribution in [2.45, 2.75) is 32.2 Å². The van der Waals surface area contributed by atoms with Crippen molar-refractivity contribution in [3.63, 3.8) is 0 Å². The molecule has 1 aromatic carbocycles. The number of ether oxygens (including phenoxy) is 3. The van der Waals surface area contributed by atoms with Gasteiger partial charge in [0, 0.05) is 18.6 Å². The molecule has 6 nitrogen and oxygen atoms in total. The molecule has 1 saturated heterocycles. The first-order valence-electron chi connectivity index (χ1n) is 8.44. The smallest absolute Gasteiger partial charge is 0.220 e. The van der Waals surface area contributed by atoms with Crippen LogP contribution in [0.1, 0.15) is 31.2 Å². The molecule has 1 aliphatic rings. The molecule has 0 saturated carbocycles. The Hall–Kier alpha value is -1.66. The standard InChI is InChI=1S/C18H28N2O4.ClH/c1-22-14-10-16(23-2)15(17(11-14)24-3)12-20-18(21)5-4-13-6-8-19-9-7-13;/h10-11,13,19H,4-9,12H2,1-3H3,(H,20,21);1H. The summed E-state index contributed by atoms with van der Waals surface area (Å²) in [4.78, 5) is 12.1. The lowest BCUT2D eigenvalue weighted by molar-refractivity contribution is -0.121. The summed E-state index contributed by atoms with van der Waals surface area (Å²) in [5.41, 5.74) is 0.816. The minimum Gasteiger partial charge on any atom is -0.496 e. The molecule has 0 bridgehead atoms. The van der Waals surface area contributed by atoms with Crippen molar-refractivity contribution in [2.24, 2.45) is 5.92 Å².